The topological polar surface area (TPSA) is 90.4 Å². The lowest BCUT2D eigenvalue weighted by Crippen LogP contribution is -2.08. The van der Waals surface area contributed by atoms with E-state index in [2.05, 4.69) is 4.98 Å². The minimum atomic E-state index is -1.18. The van der Waals surface area contributed by atoms with Crippen LogP contribution in [0.25, 0.3) is 17.0 Å². The Morgan fingerprint density at radius 1 is 1.08 bits per heavy atom. The van der Waals surface area contributed by atoms with Crippen molar-refractivity contribution in [3.05, 3.63) is 75.4 Å². The molecule has 132 valence electrons. The Labute approximate surface area is 158 Å². The van der Waals surface area contributed by atoms with E-state index in [1.807, 2.05) is 0 Å². The van der Waals surface area contributed by atoms with Gasteiger partial charge >= 0.3 is 11.9 Å². The maximum absolute atomic E-state index is 11.6. The summed E-state index contributed by atoms with van der Waals surface area (Å²) in [6.45, 7) is 0. The Bertz CT molecular complexity index is 1020. The number of H-pyrrole nitrogens is 1. The largest absolute Gasteiger partial charge is 0.481 e. The van der Waals surface area contributed by atoms with Gasteiger partial charge in [-0.15, -0.1) is 0 Å². The molecule has 1 atom stereocenters. The maximum Gasteiger partial charge on any atom is 0.352 e. The highest BCUT2D eigenvalue weighted by Gasteiger charge is 2.20. The fraction of sp³-hybridized carbons (Fsp3) is 0.0526. The molecular weight excluding hydrogens is 377 g/mol. The standard InChI is InChI=1S/C19H13Cl2NO4/c20-11-8-14(21)16-13(17(19(25)26)22-15(16)9-11)7-6-12(18(23)24)10-4-2-1-3-5-10/h1-9,12,22H,(H,23,24)(H,25,26)/b7-6+. The molecule has 1 heterocycles. The molecule has 0 aliphatic carbocycles. The maximum atomic E-state index is 11.6. The smallest absolute Gasteiger partial charge is 0.352 e. The van der Waals surface area contributed by atoms with Crippen LogP contribution in [0.4, 0.5) is 0 Å². The summed E-state index contributed by atoms with van der Waals surface area (Å²) in [7, 11) is 0. The molecule has 0 aliphatic heterocycles. The van der Waals surface area contributed by atoms with Gasteiger partial charge in [0.05, 0.1) is 5.02 Å². The van der Waals surface area contributed by atoms with Crippen LogP contribution in [0.2, 0.25) is 10.0 Å². The number of nitrogens with one attached hydrogen (secondary N) is 1. The first-order valence-corrected chi connectivity index (χ1v) is 8.34. The Kier molecular flexibility index (Phi) is 5.02. The molecule has 0 spiro atoms. The molecule has 0 amide bonds. The second-order valence-corrected chi connectivity index (χ2v) is 6.46. The third-order valence-corrected chi connectivity index (χ3v) is 4.46. The Morgan fingerprint density at radius 2 is 1.77 bits per heavy atom. The Morgan fingerprint density at radius 3 is 2.38 bits per heavy atom. The number of aromatic carboxylic acids is 1. The Balaban J connectivity index is 2.15. The van der Waals surface area contributed by atoms with Crippen molar-refractivity contribution in [2.75, 3.05) is 0 Å². The van der Waals surface area contributed by atoms with Crippen LogP contribution in [-0.4, -0.2) is 27.1 Å². The molecule has 0 fully saturated rings. The van der Waals surface area contributed by atoms with Crippen molar-refractivity contribution >= 4 is 52.1 Å². The molecule has 0 radical (unpaired) electrons. The van der Waals surface area contributed by atoms with Crippen molar-refractivity contribution in [2.45, 2.75) is 5.92 Å². The minimum absolute atomic E-state index is 0.0855. The van der Waals surface area contributed by atoms with E-state index in [9.17, 15) is 19.8 Å². The molecule has 26 heavy (non-hydrogen) atoms. The van der Waals surface area contributed by atoms with Gasteiger partial charge in [-0.05, 0) is 17.7 Å². The van der Waals surface area contributed by atoms with Crippen LogP contribution in [0.3, 0.4) is 0 Å². The second kappa shape index (κ2) is 7.23. The summed E-state index contributed by atoms with van der Waals surface area (Å²) in [5.41, 5.74) is 1.27. The molecular formula is C19H13Cl2NO4. The van der Waals surface area contributed by atoms with Gasteiger partial charge in [0.25, 0.3) is 0 Å². The molecule has 0 saturated heterocycles. The third kappa shape index (κ3) is 3.45. The van der Waals surface area contributed by atoms with Gasteiger partial charge in [0.2, 0.25) is 0 Å². The van der Waals surface area contributed by atoms with Gasteiger partial charge in [-0.1, -0.05) is 65.7 Å². The van der Waals surface area contributed by atoms with Crippen molar-refractivity contribution in [3.8, 4) is 0 Å². The highest BCUT2D eigenvalue weighted by Crippen LogP contribution is 2.34. The number of fused-ring (bicyclic) bond motifs is 1. The van der Waals surface area contributed by atoms with Crippen molar-refractivity contribution in [1.29, 1.82) is 0 Å². The van der Waals surface area contributed by atoms with Crippen LogP contribution in [0, 0.1) is 0 Å². The molecule has 3 rings (SSSR count). The zero-order valence-corrected chi connectivity index (χ0v) is 14.8. The first-order chi connectivity index (χ1) is 12.4. The van der Waals surface area contributed by atoms with E-state index in [1.165, 1.54) is 18.2 Å². The molecule has 0 saturated carbocycles. The quantitative estimate of drug-likeness (QED) is 0.568. The molecule has 0 bridgehead atoms. The number of aliphatic carboxylic acids is 1. The van der Waals surface area contributed by atoms with Gasteiger partial charge in [-0.2, -0.15) is 0 Å². The first-order valence-electron chi connectivity index (χ1n) is 7.58. The summed E-state index contributed by atoms with van der Waals surface area (Å²) in [5, 5.41) is 20.1. The van der Waals surface area contributed by atoms with Crippen LogP contribution in [-0.2, 0) is 4.79 Å². The number of benzene rings is 2. The molecule has 3 N–H and O–H groups in total. The van der Waals surface area contributed by atoms with E-state index in [4.69, 9.17) is 23.2 Å². The summed E-state index contributed by atoms with van der Waals surface area (Å²) in [5.74, 6) is -3.15. The van der Waals surface area contributed by atoms with Gasteiger partial charge in [0.1, 0.15) is 11.6 Å². The van der Waals surface area contributed by atoms with E-state index in [0.717, 1.165) is 0 Å². The zero-order valence-electron chi connectivity index (χ0n) is 13.2. The first kappa shape index (κ1) is 18.0. The predicted octanol–water partition coefficient (Wildman–Crippen LogP) is 5.05. The molecule has 1 unspecified atom stereocenters. The van der Waals surface area contributed by atoms with Crippen molar-refractivity contribution < 1.29 is 19.8 Å². The molecule has 0 aliphatic rings. The van der Waals surface area contributed by atoms with E-state index in [-0.39, 0.29) is 10.7 Å². The number of hydrogen-bond donors (Lipinski definition) is 3. The number of rotatable bonds is 5. The lowest BCUT2D eigenvalue weighted by Gasteiger charge is -2.07. The van der Waals surface area contributed by atoms with E-state index >= 15 is 0 Å². The molecule has 2 aromatic carbocycles. The normalized spacial score (nSPS) is 12.5. The summed E-state index contributed by atoms with van der Waals surface area (Å²) >= 11 is 12.2. The fourth-order valence-electron chi connectivity index (χ4n) is 2.80. The lowest BCUT2D eigenvalue weighted by molar-refractivity contribution is -0.137. The highest BCUT2D eigenvalue weighted by molar-refractivity contribution is 6.39. The van der Waals surface area contributed by atoms with Crippen LogP contribution in [0.5, 0.6) is 0 Å². The fourth-order valence-corrected chi connectivity index (χ4v) is 3.39. The number of hydrogen-bond acceptors (Lipinski definition) is 2. The molecule has 1 aromatic heterocycles. The molecule has 3 aromatic rings. The molecule has 7 heteroatoms. The summed E-state index contributed by atoms with van der Waals surface area (Å²) < 4.78 is 0. The van der Waals surface area contributed by atoms with E-state index < -0.39 is 17.9 Å². The van der Waals surface area contributed by atoms with Gasteiger partial charge < -0.3 is 15.2 Å². The second-order valence-electron chi connectivity index (χ2n) is 5.61. The summed E-state index contributed by atoms with van der Waals surface area (Å²) in [6, 6.07) is 11.7. The van der Waals surface area contributed by atoms with E-state index in [1.54, 1.807) is 36.4 Å². The average Bonchev–Trinajstić information content (AvgIpc) is 2.94. The minimum Gasteiger partial charge on any atom is -0.481 e. The summed E-state index contributed by atoms with van der Waals surface area (Å²) in [4.78, 5) is 26.0. The van der Waals surface area contributed by atoms with Gasteiger partial charge in [-0.25, -0.2) is 4.79 Å². The van der Waals surface area contributed by atoms with Crippen LogP contribution in [0.1, 0.15) is 27.5 Å². The number of halogens is 2. The van der Waals surface area contributed by atoms with Gasteiger partial charge in [0.15, 0.2) is 0 Å². The van der Waals surface area contributed by atoms with Crippen LogP contribution >= 0.6 is 23.2 Å². The van der Waals surface area contributed by atoms with Gasteiger partial charge in [0, 0.05) is 21.5 Å². The summed E-state index contributed by atoms with van der Waals surface area (Å²) in [6.07, 6.45) is 2.91. The average molecular weight is 390 g/mol. The third-order valence-electron chi connectivity index (χ3n) is 3.95. The van der Waals surface area contributed by atoms with Gasteiger partial charge in [-0.3, -0.25) is 4.79 Å². The number of aromatic amines is 1. The van der Waals surface area contributed by atoms with E-state index in [0.29, 0.717) is 27.1 Å². The highest BCUT2D eigenvalue weighted by atomic mass is 35.5. The van der Waals surface area contributed by atoms with Crippen LogP contribution < -0.4 is 0 Å². The Hall–Kier alpha value is -2.76. The van der Waals surface area contributed by atoms with Crippen molar-refractivity contribution in [2.24, 2.45) is 0 Å². The number of carboxylic acids is 2. The monoisotopic (exact) mass is 389 g/mol. The SMILES string of the molecule is O=C(O)c1[nH]c2cc(Cl)cc(Cl)c2c1/C=C/C(C(=O)O)c1ccccc1. The predicted molar refractivity (Wildman–Crippen MR) is 101 cm³/mol. The van der Waals surface area contributed by atoms with Crippen molar-refractivity contribution in [3.63, 3.8) is 0 Å². The number of aromatic nitrogens is 1. The number of carbonyl (C=O) groups is 2. The number of carboxylic acid groups (broad SMARTS) is 2. The van der Waals surface area contributed by atoms with Crippen LogP contribution in [0.15, 0.2) is 48.5 Å². The zero-order chi connectivity index (χ0) is 18.8. The lowest BCUT2D eigenvalue weighted by atomic mass is 9.97. The molecule has 5 nitrogen and oxygen atoms in total. The van der Waals surface area contributed by atoms with Crippen molar-refractivity contribution in [1.82, 2.24) is 4.98 Å².